The maximum atomic E-state index is 13.1. The fraction of sp³-hybridized carbons (Fsp3) is 0.387. The minimum Gasteiger partial charge on any atom is -0.494 e. The number of alkyl halides is 3. The van der Waals surface area contributed by atoms with Gasteiger partial charge in [-0.15, -0.1) is 13.2 Å². The van der Waals surface area contributed by atoms with E-state index in [1.165, 1.54) is 32.9 Å². The van der Waals surface area contributed by atoms with Crippen LogP contribution in [0.1, 0.15) is 43.6 Å². The molecule has 0 saturated carbocycles. The lowest BCUT2D eigenvalue weighted by molar-refractivity contribution is -0.274. The van der Waals surface area contributed by atoms with Crippen LogP contribution < -0.4 is 19.1 Å². The summed E-state index contributed by atoms with van der Waals surface area (Å²) in [5.41, 5.74) is 3.12. The van der Waals surface area contributed by atoms with Gasteiger partial charge in [0.2, 0.25) is 10.0 Å². The highest BCUT2D eigenvalue weighted by Gasteiger charge is 2.32. The molecule has 1 heterocycles. The van der Waals surface area contributed by atoms with Gasteiger partial charge in [0.1, 0.15) is 11.5 Å². The molecule has 0 bridgehead atoms. The molecule has 43 heavy (non-hydrogen) atoms. The first-order chi connectivity index (χ1) is 20.1. The number of halogens is 3. The normalized spacial score (nSPS) is 14.8. The highest BCUT2D eigenvalue weighted by atomic mass is 32.2. The summed E-state index contributed by atoms with van der Waals surface area (Å²) in [5, 5.41) is 0. The van der Waals surface area contributed by atoms with Crippen LogP contribution in [0.25, 0.3) is 11.1 Å². The van der Waals surface area contributed by atoms with E-state index in [-0.39, 0.29) is 11.3 Å². The SMILES string of the molecule is CCOc1cccc(-c2cc(CN3CCN(c4ccc(C(=O)NS(=O)(=O)C(C)(C)C)cc4)CC3)cc(OC(F)(F)F)c2)c1. The van der Waals surface area contributed by atoms with E-state index < -0.39 is 27.0 Å². The number of anilines is 1. The number of nitrogens with zero attached hydrogens (tertiary/aromatic N) is 2. The molecule has 1 N–H and O–H groups in total. The lowest BCUT2D eigenvalue weighted by Crippen LogP contribution is -2.46. The van der Waals surface area contributed by atoms with Crippen LogP contribution in [0.3, 0.4) is 0 Å². The van der Waals surface area contributed by atoms with Crippen LogP contribution in [0.5, 0.6) is 11.5 Å². The topological polar surface area (TPSA) is 88.2 Å². The molecule has 1 aliphatic heterocycles. The van der Waals surface area contributed by atoms with Crippen molar-refractivity contribution in [2.24, 2.45) is 0 Å². The first-order valence-electron chi connectivity index (χ1n) is 13.9. The molecule has 3 aromatic rings. The molecular formula is C31H36F3N3O5S. The fourth-order valence-corrected chi connectivity index (χ4v) is 5.29. The molecule has 12 heteroatoms. The maximum absolute atomic E-state index is 13.1. The Labute approximate surface area is 250 Å². The summed E-state index contributed by atoms with van der Waals surface area (Å²) in [6, 6.07) is 18.6. The first kappa shape index (κ1) is 32.2. The van der Waals surface area contributed by atoms with E-state index in [1.54, 1.807) is 42.5 Å². The van der Waals surface area contributed by atoms with Gasteiger partial charge in [0.25, 0.3) is 5.91 Å². The summed E-state index contributed by atoms with van der Waals surface area (Å²) in [6.07, 6.45) is -4.81. The van der Waals surface area contributed by atoms with E-state index in [4.69, 9.17) is 4.74 Å². The van der Waals surface area contributed by atoms with Crippen LogP contribution in [0.2, 0.25) is 0 Å². The van der Waals surface area contributed by atoms with E-state index >= 15 is 0 Å². The Hall–Kier alpha value is -3.77. The van der Waals surface area contributed by atoms with Gasteiger partial charge in [0.05, 0.1) is 11.4 Å². The zero-order valence-corrected chi connectivity index (χ0v) is 25.4. The average Bonchev–Trinajstić information content (AvgIpc) is 2.92. The molecule has 0 aliphatic carbocycles. The van der Waals surface area contributed by atoms with Crippen molar-refractivity contribution in [1.29, 1.82) is 0 Å². The molecule has 1 fully saturated rings. The molecule has 1 saturated heterocycles. The fourth-order valence-electron chi connectivity index (χ4n) is 4.62. The van der Waals surface area contributed by atoms with Gasteiger partial charge in [0, 0.05) is 44.0 Å². The molecule has 0 aromatic heterocycles. The Bertz CT molecular complexity index is 1530. The van der Waals surface area contributed by atoms with Crippen molar-refractivity contribution < 1.29 is 35.9 Å². The third-order valence-electron chi connectivity index (χ3n) is 6.98. The van der Waals surface area contributed by atoms with E-state index in [0.717, 1.165) is 11.3 Å². The van der Waals surface area contributed by atoms with Crippen molar-refractivity contribution in [2.45, 2.75) is 45.3 Å². The van der Waals surface area contributed by atoms with Crippen molar-refractivity contribution >= 4 is 21.6 Å². The molecule has 1 aliphatic rings. The number of ether oxygens (including phenoxy) is 2. The number of amides is 1. The molecule has 4 rings (SSSR count). The molecule has 8 nitrogen and oxygen atoms in total. The molecule has 3 aromatic carbocycles. The number of hydrogen-bond acceptors (Lipinski definition) is 7. The molecular weight excluding hydrogens is 583 g/mol. The minimum absolute atomic E-state index is 0.235. The van der Waals surface area contributed by atoms with Crippen LogP contribution in [0.15, 0.2) is 66.7 Å². The van der Waals surface area contributed by atoms with Crippen LogP contribution in [0, 0.1) is 0 Å². The van der Waals surface area contributed by atoms with Crippen LogP contribution in [-0.2, 0) is 16.6 Å². The van der Waals surface area contributed by atoms with Gasteiger partial charge in [-0.1, -0.05) is 12.1 Å². The largest absolute Gasteiger partial charge is 0.573 e. The Morgan fingerprint density at radius 3 is 2.14 bits per heavy atom. The van der Waals surface area contributed by atoms with Crippen molar-refractivity contribution in [3.8, 4) is 22.6 Å². The molecule has 0 spiro atoms. The zero-order chi connectivity index (χ0) is 31.4. The smallest absolute Gasteiger partial charge is 0.494 e. The number of carbonyl (C=O) groups is 1. The van der Waals surface area contributed by atoms with Crippen LogP contribution >= 0.6 is 0 Å². The van der Waals surface area contributed by atoms with Gasteiger partial charge in [-0.25, -0.2) is 13.1 Å². The summed E-state index contributed by atoms with van der Waals surface area (Å²) in [5.74, 6) is -0.338. The highest BCUT2D eigenvalue weighted by molar-refractivity contribution is 7.91. The third-order valence-corrected chi connectivity index (χ3v) is 9.05. The van der Waals surface area contributed by atoms with Gasteiger partial charge < -0.3 is 14.4 Å². The second-order valence-electron chi connectivity index (χ2n) is 11.2. The van der Waals surface area contributed by atoms with E-state index in [2.05, 4.69) is 19.3 Å². The Morgan fingerprint density at radius 1 is 0.884 bits per heavy atom. The predicted molar refractivity (Wildman–Crippen MR) is 160 cm³/mol. The Morgan fingerprint density at radius 2 is 1.53 bits per heavy atom. The van der Waals surface area contributed by atoms with E-state index in [0.29, 0.717) is 56.2 Å². The Balaban J connectivity index is 1.43. The van der Waals surface area contributed by atoms with Crippen LogP contribution in [-0.4, -0.2) is 63.1 Å². The van der Waals surface area contributed by atoms with Crippen LogP contribution in [0.4, 0.5) is 18.9 Å². The molecule has 0 atom stereocenters. The van der Waals surface area contributed by atoms with Gasteiger partial charge in [0.15, 0.2) is 0 Å². The summed E-state index contributed by atoms with van der Waals surface area (Å²) in [7, 11) is -3.83. The Kier molecular flexibility index (Phi) is 9.60. The van der Waals surface area contributed by atoms with Gasteiger partial charge in [-0.2, -0.15) is 0 Å². The number of hydrogen-bond donors (Lipinski definition) is 1. The summed E-state index contributed by atoms with van der Waals surface area (Å²) in [4.78, 5) is 16.8. The van der Waals surface area contributed by atoms with Gasteiger partial charge in [-0.3, -0.25) is 9.69 Å². The standard InChI is InChI=1S/C31H36F3N3O5S/c1-5-41-27-8-6-7-24(19-27)25-17-22(18-28(20-25)42-31(32,33)34)21-36-13-15-37(16-14-36)26-11-9-23(10-12-26)29(38)35-43(39,40)30(2,3)4/h6-12,17-20H,5,13-16,21H2,1-4H3,(H,35,38). The predicted octanol–water partition coefficient (Wildman–Crippen LogP) is 5.83. The molecule has 0 radical (unpaired) electrons. The summed E-state index contributed by atoms with van der Waals surface area (Å²) < 4.78 is 74.8. The number of sulfonamides is 1. The second kappa shape index (κ2) is 12.8. The van der Waals surface area contributed by atoms with Gasteiger partial charge in [-0.05, 0) is 99.0 Å². The lowest BCUT2D eigenvalue weighted by atomic mass is 10.0. The molecule has 232 valence electrons. The van der Waals surface area contributed by atoms with Crippen molar-refractivity contribution in [3.63, 3.8) is 0 Å². The number of piperazine rings is 1. The summed E-state index contributed by atoms with van der Waals surface area (Å²) in [6.45, 7) is 9.94. The van der Waals surface area contributed by atoms with Crippen molar-refractivity contribution in [1.82, 2.24) is 9.62 Å². The number of rotatable bonds is 9. The van der Waals surface area contributed by atoms with E-state index in [9.17, 15) is 26.4 Å². The number of carbonyl (C=O) groups excluding carboxylic acids is 1. The summed E-state index contributed by atoms with van der Waals surface area (Å²) >= 11 is 0. The molecule has 1 amide bonds. The van der Waals surface area contributed by atoms with E-state index in [1.807, 2.05) is 19.1 Å². The number of nitrogens with one attached hydrogen (secondary N) is 1. The average molecular weight is 620 g/mol. The lowest BCUT2D eigenvalue weighted by Gasteiger charge is -2.36. The quantitative estimate of drug-likeness (QED) is 0.323. The zero-order valence-electron chi connectivity index (χ0n) is 24.6. The number of benzene rings is 3. The van der Waals surface area contributed by atoms with Crippen molar-refractivity contribution in [2.75, 3.05) is 37.7 Å². The first-order valence-corrected chi connectivity index (χ1v) is 15.4. The second-order valence-corrected chi connectivity index (χ2v) is 13.7. The molecule has 0 unspecified atom stereocenters. The third kappa shape index (κ3) is 8.64. The van der Waals surface area contributed by atoms with Gasteiger partial charge >= 0.3 is 6.36 Å². The maximum Gasteiger partial charge on any atom is 0.573 e. The monoisotopic (exact) mass is 619 g/mol. The van der Waals surface area contributed by atoms with Crippen molar-refractivity contribution in [3.05, 3.63) is 77.9 Å². The highest BCUT2D eigenvalue weighted by Crippen LogP contribution is 2.32. The minimum atomic E-state index is -4.81.